The summed E-state index contributed by atoms with van der Waals surface area (Å²) in [6.07, 6.45) is 1.78. The second kappa shape index (κ2) is 7.57. The maximum absolute atomic E-state index is 11.9. The maximum Gasteiger partial charge on any atom is 0.265 e. The minimum absolute atomic E-state index is 0.000938. The number of carbonyl (C=O) groups excluding carboxylic acids is 2. The van der Waals surface area contributed by atoms with Crippen molar-refractivity contribution in [2.75, 3.05) is 13.7 Å². The Labute approximate surface area is 145 Å². The molecule has 0 aliphatic heterocycles. The van der Waals surface area contributed by atoms with Crippen molar-refractivity contribution in [2.24, 2.45) is 12.8 Å². The number of aryl methyl sites for hydroxylation is 1. The second-order valence-electron chi connectivity index (χ2n) is 5.60. The molecule has 3 N–H and O–H groups in total. The third-order valence-corrected chi connectivity index (χ3v) is 4.28. The van der Waals surface area contributed by atoms with Crippen LogP contribution in [-0.2, 0) is 18.3 Å². The predicted octanol–water partition coefficient (Wildman–Crippen LogP) is 2.40. The van der Waals surface area contributed by atoms with E-state index in [-0.39, 0.29) is 5.91 Å². The number of ether oxygens (including phenoxy) is 1. The summed E-state index contributed by atoms with van der Waals surface area (Å²) in [5, 5.41) is 4.16. The number of amides is 2. The van der Waals surface area contributed by atoms with Crippen LogP contribution < -0.4 is 15.8 Å². The van der Waals surface area contributed by atoms with Crippen LogP contribution in [-0.4, -0.2) is 30.0 Å². The lowest BCUT2D eigenvalue weighted by Crippen LogP contribution is -2.26. The summed E-state index contributed by atoms with van der Waals surface area (Å²) in [5.41, 5.74) is 7.55. The number of nitrogens with one attached hydrogen (secondary N) is 1. The van der Waals surface area contributed by atoms with E-state index in [2.05, 4.69) is 5.32 Å². The maximum atomic E-state index is 11.9. The first kappa shape index (κ1) is 18.1. The number of fused-ring (bicyclic) bond motifs is 1. The number of halogens is 1. The molecular formula is C17H22ClN3O3. The van der Waals surface area contributed by atoms with E-state index < -0.39 is 5.91 Å². The number of carbonyl (C=O) groups is 2. The van der Waals surface area contributed by atoms with Gasteiger partial charge in [0, 0.05) is 25.4 Å². The van der Waals surface area contributed by atoms with Crippen molar-refractivity contribution in [3.8, 4) is 5.75 Å². The number of aromatic nitrogens is 1. The molecule has 0 saturated carbocycles. The number of benzene rings is 1. The molecule has 0 radical (unpaired) electrons. The lowest BCUT2D eigenvalue weighted by molar-refractivity contribution is -0.121. The predicted molar refractivity (Wildman–Crippen MR) is 94.6 cm³/mol. The van der Waals surface area contributed by atoms with Crippen LogP contribution in [0.25, 0.3) is 10.9 Å². The van der Waals surface area contributed by atoms with E-state index in [4.69, 9.17) is 22.1 Å². The van der Waals surface area contributed by atoms with Gasteiger partial charge < -0.3 is 20.4 Å². The van der Waals surface area contributed by atoms with Gasteiger partial charge in [-0.15, -0.1) is 0 Å². The van der Waals surface area contributed by atoms with Gasteiger partial charge in [0.1, 0.15) is 11.4 Å². The fourth-order valence-corrected chi connectivity index (χ4v) is 3.11. The van der Waals surface area contributed by atoms with Crippen molar-refractivity contribution in [1.82, 2.24) is 9.88 Å². The van der Waals surface area contributed by atoms with Crippen molar-refractivity contribution in [3.05, 3.63) is 28.4 Å². The SMILES string of the molecule is CCCC(=O)NCCc1c(C(N)=O)n(C)c2cc(Cl)c(OC)cc12. The Kier molecular flexibility index (Phi) is 5.72. The third kappa shape index (κ3) is 3.48. The zero-order valence-electron chi connectivity index (χ0n) is 14.1. The van der Waals surface area contributed by atoms with E-state index in [1.54, 1.807) is 23.7 Å². The molecule has 0 atom stereocenters. The van der Waals surface area contributed by atoms with Crippen molar-refractivity contribution >= 4 is 34.3 Å². The van der Waals surface area contributed by atoms with Gasteiger partial charge in [-0.3, -0.25) is 9.59 Å². The average molecular weight is 352 g/mol. The van der Waals surface area contributed by atoms with Gasteiger partial charge in [-0.2, -0.15) is 0 Å². The Morgan fingerprint density at radius 2 is 2.08 bits per heavy atom. The normalized spacial score (nSPS) is 10.8. The molecule has 0 aliphatic rings. The van der Waals surface area contributed by atoms with Crippen LogP contribution in [0, 0.1) is 0 Å². The van der Waals surface area contributed by atoms with Crippen molar-refractivity contribution in [3.63, 3.8) is 0 Å². The molecule has 6 nitrogen and oxygen atoms in total. The van der Waals surface area contributed by atoms with Crippen LogP contribution in [0.2, 0.25) is 5.02 Å². The summed E-state index contributed by atoms with van der Waals surface area (Å²) >= 11 is 6.19. The Morgan fingerprint density at radius 1 is 1.38 bits per heavy atom. The van der Waals surface area contributed by atoms with Crippen LogP contribution in [0.5, 0.6) is 5.75 Å². The quantitative estimate of drug-likeness (QED) is 0.803. The molecule has 0 fully saturated rings. The van der Waals surface area contributed by atoms with Gasteiger partial charge >= 0.3 is 0 Å². The Hall–Kier alpha value is -2.21. The third-order valence-electron chi connectivity index (χ3n) is 3.99. The highest BCUT2D eigenvalue weighted by Crippen LogP contribution is 2.34. The minimum Gasteiger partial charge on any atom is -0.495 e. The van der Waals surface area contributed by atoms with Crippen molar-refractivity contribution < 1.29 is 14.3 Å². The van der Waals surface area contributed by atoms with E-state index in [1.165, 1.54) is 7.11 Å². The van der Waals surface area contributed by atoms with Crippen molar-refractivity contribution in [1.29, 1.82) is 0 Å². The highest BCUT2D eigenvalue weighted by Gasteiger charge is 2.20. The highest BCUT2D eigenvalue weighted by molar-refractivity contribution is 6.33. The van der Waals surface area contributed by atoms with Gasteiger partial charge in [0.2, 0.25) is 5.91 Å². The largest absolute Gasteiger partial charge is 0.495 e. The molecule has 130 valence electrons. The number of primary amides is 1. The van der Waals surface area contributed by atoms with Crippen molar-refractivity contribution in [2.45, 2.75) is 26.2 Å². The van der Waals surface area contributed by atoms with Crippen LogP contribution in [0.3, 0.4) is 0 Å². The summed E-state index contributed by atoms with van der Waals surface area (Å²) in [4.78, 5) is 23.5. The van der Waals surface area contributed by atoms with E-state index in [0.717, 1.165) is 22.9 Å². The molecule has 24 heavy (non-hydrogen) atoms. The zero-order valence-corrected chi connectivity index (χ0v) is 14.9. The molecule has 1 aromatic carbocycles. The molecule has 2 aromatic rings. The van der Waals surface area contributed by atoms with Crippen LogP contribution >= 0.6 is 11.6 Å². The van der Waals surface area contributed by atoms with Gasteiger partial charge in [-0.1, -0.05) is 18.5 Å². The summed E-state index contributed by atoms with van der Waals surface area (Å²) < 4.78 is 6.99. The Balaban J connectivity index is 2.43. The molecule has 0 spiro atoms. The fourth-order valence-electron chi connectivity index (χ4n) is 2.88. The topological polar surface area (TPSA) is 86.4 Å². The molecule has 2 amide bonds. The molecule has 7 heteroatoms. The van der Waals surface area contributed by atoms with Gasteiger partial charge in [-0.05, 0) is 30.5 Å². The second-order valence-corrected chi connectivity index (χ2v) is 6.01. The molecule has 1 heterocycles. The molecule has 0 aliphatic carbocycles. The van der Waals surface area contributed by atoms with Crippen LogP contribution in [0.1, 0.15) is 35.8 Å². The number of hydrogen-bond donors (Lipinski definition) is 2. The number of nitrogens with zero attached hydrogens (tertiary/aromatic N) is 1. The summed E-state index contributed by atoms with van der Waals surface area (Å²) in [5.74, 6) is 0.0136. The fraction of sp³-hybridized carbons (Fsp3) is 0.412. The van der Waals surface area contributed by atoms with E-state index in [9.17, 15) is 9.59 Å². The average Bonchev–Trinajstić information content (AvgIpc) is 2.79. The number of nitrogens with two attached hydrogens (primary N) is 1. The van der Waals surface area contributed by atoms with Gasteiger partial charge in [0.05, 0.1) is 17.6 Å². The summed E-state index contributed by atoms with van der Waals surface area (Å²) in [6.45, 7) is 2.38. The van der Waals surface area contributed by atoms with Crippen LogP contribution in [0.4, 0.5) is 0 Å². The number of hydrogen-bond acceptors (Lipinski definition) is 3. The first-order valence-electron chi connectivity index (χ1n) is 7.82. The van der Waals surface area contributed by atoms with Crippen LogP contribution in [0.15, 0.2) is 12.1 Å². The van der Waals surface area contributed by atoms with E-state index in [0.29, 0.717) is 35.9 Å². The molecule has 0 saturated heterocycles. The monoisotopic (exact) mass is 351 g/mol. The first-order valence-corrected chi connectivity index (χ1v) is 8.19. The molecule has 0 bridgehead atoms. The number of rotatable bonds is 7. The Bertz CT molecular complexity index is 783. The summed E-state index contributed by atoms with van der Waals surface area (Å²) in [7, 11) is 3.31. The molecule has 0 unspecified atom stereocenters. The lowest BCUT2D eigenvalue weighted by Gasteiger charge is -2.07. The number of methoxy groups -OCH3 is 1. The highest BCUT2D eigenvalue weighted by atomic mass is 35.5. The summed E-state index contributed by atoms with van der Waals surface area (Å²) in [6, 6.07) is 3.55. The Morgan fingerprint density at radius 3 is 2.67 bits per heavy atom. The first-order chi connectivity index (χ1) is 11.4. The van der Waals surface area contributed by atoms with Gasteiger partial charge in [-0.25, -0.2) is 0 Å². The molecule has 1 aromatic heterocycles. The van der Waals surface area contributed by atoms with Gasteiger partial charge in [0.25, 0.3) is 5.91 Å². The lowest BCUT2D eigenvalue weighted by atomic mass is 10.1. The minimum atomic E-state index is -0.515. The smallest absolute Gasteiger partial charge is 0.265 e. The van der Waals surface area contributed by atoms with Gasteiger partial charge in [0.15, 0.2) is 0 Å². The van der Waals surface area contributed by atoms with E-state index >= 15 is 0 Å². The molecular weight excluding hydrogens is 330 g/mol. The standard InChI is InChI=1S/C17H22ClN3O3/c1-4-5-15(22)20-7-6-10-11-8-14(24-3)12(18)9-13(11)21(2)16(10)17(19)23/h8-9H,4-7H2,1-3H3,(H2,19,23)(H,20,22). The molecule has 2 rings (SSSR count). The zero-order chi connectivity index (χ0) is 17.9. The van der Waals surface area contributed by atoms with E-state index in [1.807, 2.05) is 6.92 Å².